The van der Waals surface area contributed by atoms with Gasteiger partial charge < -0.3 is 4.74 Å². The molecule has 0 unspecified atom stereocenters. The van der Waals surface area contributed by atoms with E-state index in [2.05, 4.69) is 10.5 Å². The SMILES string of the molecule is Cc1cc(Cl)ccc1O[C@H](C)C(=O)N/N=C\c1ccc(Cl)cc1Cl. The van der Waals surface area contributed by atoms with Crippen molar-refractivity contribution < 1.29 is 9.53 Å². The summed E-state index contributed by atoms with van der Waals surface area (Å²) >= 11 is 17.7. The van der Waals surface area contributed by atoms with Crippen molar-refractivity contribution in [1.29, 1.82) is 0 Å². The average molecular weight is 386 g/mol. The molecule has 0 radical (unpaired) electrons. The number of carbonyl (C=O) groups is 1. The lowest BCUT2D eigenvalue weighted by atomic mass is 10.2. The Kier molecular flexibility index (Phi) is 6.49. The van der Waals surface area contributed by atoms with Crippen LogP contribution in [0, 0.1) is 6.92 Å². The van der Waals surface area contributed by atoms with Gasteiger partial charge in [0.15, 0.2) is 6.10 Å². The fourth-order valence-electron chi connectivity index (χ4n) is 1.85. The van der Waals surface area contributed by atoms with Gasteiger partial charge in [-0.25, -0.2) is 5.43 Å². The first kappa shape index (κ1) is 18.6. The van der Waals surface area contributed by atoms with Crippen LogP contribution in [-0.2, 0) is 4.79 Å². The van der Waals surface area contributed by atoms with Crippen LogP contribution < -0.4 is 10.2 Å². The molecule has 4 nitrogen and oxygen atoms in total. The topological polar surface area (TPSA) is 50.7 Å². The minimum atomic E-state index is -0.720. The van der Waals surface area contributed by atoms with Crippen LogP contribution in [0.25, 0.3) is 0 Å². The van der Waals surface area contributed by atoms with Gasteiger partial charge in [-0.15, -0.1) is 0 Å². The van der Waals surface area contributed by atoms with Crippen molar-refractivity contribution in [2.75, 3.05) is 0 Å². The van der Waals surface area contributed by atoms with Crippen LogP contribution >= 0.6 is 34.8 Å². The Morgan fingerprint density at radius 1 is 1.17 bits per heavy atom. The van der Waals surface area contributed by atoms with Gasteiger partial charge in [0.2, 0.25) is 0 Å². The van der Waals surface area contributed by atoms with Crippen molar-refractivity contribution >= 4 is 46.9 Å². The van der Waals surface area contributed by atoms with Crippen molar-refractivity contribution in [3.05, 3.63) is 62.6 Å². The zero-order valence-electron chi connectivity index (χ0n) is 13.0. The summed E-state index contributed by atoms with van der Waals surface area (Å²) in [7, 11) is 0. The van der Waals surface area contributed by atoms with Crippen molar-refractivity contribution in [2.45, 2.75) is 20.0 Å². The van der Waals surface area contributed by atoms with Crippen LogP contribution in [0.2, 0.25) is 15.1 Å². The maximum atomic E-state index is 12.0. The second kappa shape index (κ2) is 8.38. The number of nitrogens with zero attached hydrogens (tertiary/aromatic N) is 1. The second-order valence-corrected chi connectivity index (χ2v) is 6.35. The van der Waals surface area contributed by atoms with Crippen LogP contribution in [0.15, 0.2) is 41.5 Å². The van der Waals surface area contributed by atoms with Crippen LogP contribution in [0.5, 0.6) is 5.75 Å². The number of hydrazone groups is 1. The van der Waals surface area contributed by atoms with E-state index >= 15 is 0 Å². The molecule has 1 atom stereocenters. The van der Waals surface area contributed by atoms with E-state index in [-0.39, 0.29) is 5.91 Å². The first-order valence-electron chi connectivity index (χ1n) is 7.07. The van der Waals surface area contributed by atoms with Crippen LogP contribution in [-0.4, -0.2) is 18.2 Å². The highest BCUT2D eigenvalue weighted by molar-refractivity contribution is 6.36. The molecular weight excluding hydrogens is 371 g/mol. The van der Waals surface area contributed by atoms with E-state index in [4.69, 9.17) is 39.5 Å². The maximum Gasteiger partial charge on any atom is 0.280 e. The molecule has 7 heteroatoms. The fraction of sp³-hybridized carbons (Fsp3) is 0.176. The number of halogens is 3. The number of benzene rings is 2. The summed E-state index contributed by atoms with van der Waals surface area (Å²) in [6.45, 7) is 3.49. The van der Waals surface area contributed by atoms with Gasteiger partial charge in [0.1, 0.15) is 5.75 Å². The van der Waals surface area contributed by atoms with E-state index < -0.39 is 6.10 Å². The molecule has 0 heterocycles. The van der Waals surface area contributed by atoms with E-state index in [1.807, 2.05) is 6.92 Å². The first-order chi connectivity index (χ1) is 11.4. The lowest BCUT2D eigenvalue weighted by Gasteiger charge is -2.14. The van der Waals surface area contributed by atoms with Crippen molar-refractivity contribution in [2.24, 2.45) is 5.10 Å². The van der Waals surface area contributed by atoms with Gasteiger partial charge in [0.25, 0.3) is 5.91 Å². The fourth-order valence-corrected chi connectivity index (χ4v) is 2.54. The lowest BCUT2D eigenvalue weighted by Crippen LogP contribution is -2.33. The molecule has 0 fully saturated rings. The summed E-state index contributed by atoms with van der Waals surface area (Å²) in [5, 5.41) is 5.47. The highest BCUT2D eigenvalue weighted by atomic mass is 35.5. The molecule has 2 aromatic carbocycles. The third-order valence-corrected chi connectivity index (χ3v) is 3.95. The normalized spacial score (nSPS) is 12.2. The molecule has 24 heavy (non-hydrogen) atoms. The number of carbonyl (C=O) groups excluding carboxylic acids is 1. The average Bonchev–Trinajstić information content (AvgIpc) is 2.52. The molecule has 0 bridgehead atoms. The molecule has 1 N–H and O–H groups in total. The minimum Gasteiger partial charge on any atom is -0.481 e. The van der Waals surface area contributed by atoms with Gasteiger partial charge in [0.05, 0.1) is 11.2 Å². The minimum absolute atomic E-state index is 0.384. The molecule has 0 saturated carbocycles. The summed E-state index contributed by atoms with van der Waals surface area (Å²) in [5.41, 5.74) is 3.90. The Morgan fingerprint density at radius 2 is 1.83 bits per heavy atom. The zero-order valence-corrected chi connectivity index (χ0v) is 15.3. The number of aryl methyl sites for hydroxylation is 1. The predicted octanol–water partition coefficient (Wildman–Crippen LogP) is 4.87. The van der Waals surface area contributed by atoms with Gasteiger partial charge in [-0.2, -0.15) is 5.10 Å². The Bertz CT molecular complexity index is 778. The monoisotopic (exact) mass is 384 g/mol. The molecule has 0 aliphatic rings. The molecule has 126 valence electrons. The standard InChI is InChI=1S/C17H15Cl3N2O2/c1-10-7-13(18)5-6-16(10)24-11(2)17(23)22-21-9-12-3-4-14(19)8-15(12)20/h3-9,11H,1-2H3,(H,22,23)/b21-9-/t11-/m1/s1. The molecule has 0 aliphatic carbocycles. The third kappa shape index (κ3) is 5.13. The molecule has 2 aromatic rings. The number of ether oxygens (including phenoxy) is 1. The largest absolute Gasteiger partial charge is 0.481 e. The summed E-state index contributed by atoms with van der Waals surface area (Å²) in [6.07, 6.45) is 0.722. The first-order valence-corrected chi connectivity index (χ1v) is 8.21. The van der Waals surface area contributed by atoms with Crippen molar-refractivity contribution in [3.63, 3.8) is 0 Å². The summed E-state index contributed by atoms with van der Waals surface area (Å²) in [6, 6.07) is 10.2. The number of amides is 1. The predicted molar refractivity (Wildman–Crippen MR) is 98.5 cm³/mol. The molecule has 0 spiro atoms. The Hall–Kier alpha value is -1.75. The molecule has 0 aromatic heterocycles. The van der Waals surface area contributed by atoms with Crippen LogP contribution in [0.4, 0.5) is 0 Å². The second-order valence-electron chi connectivity index (χ2n) is 5.07. The van der Waals surface area contributed by atoms with E-state index in [9.17, 15) is 4.79 Å². The van der Waals surface area contributed by atoms with Crippen LogP contribution in [0.1, 0.15) is 18.1 Å². The van der Waals surface area contributed by atoms with Gasteiger partial charge in [0, 0.05) is 15.6 Å². The van der Waals surface area contributed by atoms with Gasteiger partial charge in [-0.3, -0.25) is 4.79 Å². The van der Waals surface area contributed by atoms with Gasteiger partial charge >= 0.3 is 0 Å². The molecule has 0 aliphatic heterocycles. The third-order valence-electron chi connectivity index (χ3n) is 3.15. The van der Waals surface area contributed by atoms with Gasteiger partial charge in [-0.05, 0) is 49.7 Å². The van der Waals surface area contributed by atoms with Crippen LogP contribution in [0.3, 0.4) is 0 Å². The van der Waals surface area contributed by atoms with E-state index in [1.165, 1.54) is 6.21 Å². The molecule has 2 rings (SSSR count). The number of hydrogen-bond donors (Lipinski definition) is 1. The quantitative estimate of drug-likeness (QED) is 0.589. The molecular formula is C17H15Cl3N2O2. The highest BCUT2D eigenvalue weighted by Crippen LogP contribution is 2.23. The number of hydrogen-bond acceptors (Lipinski definition) is 3. The van der Waals surface area contributed by atoms with Crippen molar-refractivity contribution in [1.82, 2.24) is 5.43 Å². The zero-order chi connectivity index (χ0) is 17.7. The Labute approximate surface area is 155 Å². The van der Waals surface area contributed by atoms with E-state index in [0.717, 1.165) is 5.56 Å². The highest BCUT2D eigenvalue weighted by Gasteiger charge is 2.15. The lowest BCUT2D eigenvalue weighted by molar-refractivity contribution is -0.127. The number of nitrogens with one attached hydrogen (secondary N) is 1. The number of rotatable bonds is 5. The van der Waals surface area contributed by atoms with Gasteiger partial charge in [-0.1, -0.05) is 40.9 Å². The summed E-state index contributed by atoms with van der Waals surface area (Å²) in [5.74, 6) is 0.206. The maximum absolute atomic E-state index is 12.0. The summed E-state index contributed by atoms with van der Waals surface area (Å²) < 4.78 is 5.62. The molecule has 1 amide bonds. The van der Waals surface area contributed by atoms with E-state index in [1.54, 1.807) is 43.3 Å². The Balaban J connectivity index is 1.95. The summed E-state index contributed by atoms with van der Waals surface area (Å²) in [4.78, 5) is 12.0. The van der Waals surface area contributed by atoms with E-state index in [0.29, 0.717) is 26.4 Å². The van der Waals surface area contributed by atoms with Crippen molar-refractivity contribution in [3.8, 4) is 5.75 Å². The Morgan fingerprint density at radius 3 is 2.50 bits per heavy atom. The molecule has 0 saturated heterocycles. The smallest absolute Gasteiger partial charge is 0.280 e.